The first-order valence-electron chi connectivity index (χ1n) is 8.50. The van der Waals surface area contributed by atoms with Crippen LogP contribution in [-0.2, 0) is 4.79 Å². The molecule has 6 atom stereocenters. The van der Waals surface area contributed by atoms with Crippen LogP contribution < -0.4 is 34.7 Å². The second-order valence-corrected chi connectivity index (χ2v) is 6.95. The fourth-order valence-corrected chi connectivity index (χ4v) is 3.94. The zero-order valence-electron chi connectivity index (χ0n) is 14.6. The molecule has 5 nitrogen and oxygen atoms in total. The Labute approximate surface area is 165 Å². The number of aliphatic hydroxyl groups is 3. The van der Waals surface area contributed by atoms with E-state index in [1.54, 1.807) is 0 Å². The van der Waals surface area contributed by atoms with E-state index in [-0.39, 0.29) is 53.9 Å². The number of hydrogen-bond donors (Lipinski definition) is 3. The maximum absolute atomic E-state index is 10.4. The van der Waals surface area contributed by atoms with Gasteiger partial charge in [-0.1, -0.05) is 25.2 Å². The van der Waals surface area contributed by atoms with Crippen LogP contribution in [0.15, 0.2) is 23.8 Å². The first kappa shape index (κ1) is 21.9. The molecule has 2 aliphatic carbocycles. The van der Waals surface area contributed by atoms with Gasteiger partial charge in [0.25, 0.3) is 0 Å². The third-order valence-electron chi connectivity index (χ3n) is 5.15. The molecule has 0 saturated heterocycles. The van der Waals surface area contributed by atoms with E-state index in [9.17, 15) is 25.2 Å². The topological polar surface area (TPSA) is 101 Å². The summed E-state index contributed by atoms with van der Waals surface area (Å²) in [6, 6.07) is 0. The molecule has 3 N–H and O–H groups in total. The second kappa shape index (κ2) is 10.1. The SMILES string of the molecule is C[C@H]1C=CC2=CCC[C@H](O)[C@@H]2[C@H]1CC[C@@H](O)C[C@@H](O)CC(=O)[O-].[Na+]. The van der Waals surface area contributed by atoms with Gasteiger partial charge in [-0.05, 0) is 49.5 Å². The quantitative estimate of drug-likeness (QED) is 0.444. The van der Waals surface area contributed by atoms with Crippen LogP contribution >= 0.6 is 0 Å². The first-order valence-corrected chi connectivity index (χ1v) is 8.50. The number of carboxylic acids is 1. The summed E-state index contributed by atoms with van der Waals surface area (Å²) >= 11 is 0. The van der Waals surface area contributed by atoms with E-state index in [0.29, 0.717) is 12.3 Å². The number of carboxylic acid groups (broad SMARTS) is 1. The van der Waals surface area contributed by atoms with Crippen molar-refractivity contribution in [3.8, 4) is 0 Å². The Morgan fingerprint density at radius 1 is 1.38 bits per heavy atom. The minimum atomic E-state index is -1.31. The monoisotopic (exact) mass is 346 g/mol. The third-order valence-corrected chi connectivity index (χ3v) is 5.15. The smallest absolute Gasteiger partial charge is 0.550 e. The number of aliphatic hydroxyl groups excluding tert-OH is 3. The number of carbonyl (C=O) groups is 1. The van der Waals surface area contributed by atoms with Crippen molar-refractivity contribution in [2.45, 2.75) is 63.8 Å². The Hall–Kier alpha value is -0.170. The maximum atomic E-state index is 10.4. The Kier molecular flexibility index (Phi) is 9.20. The van der Waals surface area contributed by atoms with Crippen molar-refractivity contribution >= 4 is 5.97 Å². The van der Waals surface area contributed by atoms with Crippen molar-refractivity contribution in [2.75, 3.05) is 0 Å². The molecule has 0 spiro atoms. The van der Waals surface area contributed by atoms with Crippen molar-refractivity contribution in [3.05, 3.63) is 23.8 Å². The molecule has 6 heteroatoms. The van der Waals surface area contributed by atoms with Gasteiger partial charge in [0.2, 0.25) is 0 Å². The second-order valence-electron chi connectivity index (χ2n) is 6.95. The van der Waals surface area contributed by atoms with Gasteiger partial charge in [-0.3, -0.25) is 0 Å². The number of allylic oxidation sites excluding steroid dienone is 3. The molecule has 0 aromatic rings. The molecule has 0 saturated carbocycles. The van der Waals surface area contributed by atoms with Gasteiger partial charge < -0.3 is 25.2 Å². The molecule has 0 radical (unpaired) electrons. The Balaban J connectivity index is 0.00000288. The molecule has 0 heterocycles. The van der Waals surface area contributed by atoms with Crippen LogP contribution in [0, 0.1) is 17.8 Å². The van der Waals surface area contributed by atoms with Gasteiger partial charge in [-0.2, -0.15) is 0 Å². The molecule has 0 aromatic heterocycles. The summed E-state index contributed by atoms with van der Waals surface area (Å²) in [5.41, 5.74) is 1.19. The summed E-state index contributed by atoms with van der Waals surface area (Å²) in [5.74, 6) is -0.611. The fraction of sp³-hybridized carbons (Fsp3) is 0.722. The van der Waals surface area contributed by atoms with Crippen molar-refractivity contribution in [1.82, 2.24) is 0 Å². The van der Waals surface area contributed by atoms with Crippen LogP contribution in [0.3, 0.4) is 0 Å². The van der Waals surface area contributed by atoms with E-state index in [4.69, 9.17) is 0 Å². The van der Waals surface area contributed by atoms with Crippen molar-refractivity contribution in [3.63, 3.8) is 0 Å². The summed E-state index contributed by atoms with van der Waals surface area (Å²) in [7, 11) is 0. The normalized spacial score (nSPS) is 31.4. The molecular formula is C18H27NaO5. The van der Waals surface area contributed by atoms with Gasteiger partial charge in [0.1, 0.15) is 0 Å². The molecular weight excluding hydrogens is 319 g/mol. The molecule has 0 bridgehead atoms. The van der Waals surface area contributed by atoms with E-state index in [1.807, 2.05) is 0 Å². The van der Waals surface area contributed by atoms with E-state index >= 15 is 0 Å². The summed E-state index contributed by atoms with van der Waals surface area (Å²) in [6.07, 6.45) is 6.79. The Morgan fingerprint density at radius 2 is 2.08 bits per heavy atom. The van der Waals surface area contributed by atoms with Gasteiger partial charge >= 0.3 is 29.6 Å². The van der Waals surface area contributed by atoms with Gasteiger partial charge in [-0.25, -0.2) is 0 Å². The molecule has 0 unspecified atom stereocenters. The van der Waals surface area contributed by atoms with Crippen LogP contribution in [0.4, 0.5) is 0 Å². The van der Waals surface area contributed by atoms with Gasteiger partial charge in [0, 0.05) is 18.3 Å². The van der Waals surface area contributed by atoms with Crippen molar-refractivity contribution in [2.24, 2.45) is 17.8 Å². The van der Waals surface area contributed by atoms with Crippen LogP contribution in [0.1, 0.15) is 45.4 Å². The molecule has 130 valence electrons. The number of aliphatic carboxylic acids is 1. The third kappa shape index (κ3) is 5.97. The van der Waals surface area contributed by atoms with Crippen molar-refractivity contribution < 1.29 is 54.8 Å². The molecule has 0 aromatic carbocycles. The largest absolute Gasteiger partial charge is 1.00 e. The van der Waals surface area contributed by atoms with E-state index in [2.05, 4.69) is 25.2 Å². The molecule has 0 aliphatic heterocycles. The average molecular weight is 346 g/mol. The molecule has 0 amide bonds. The minimum Gasteiger partial charge on any atom is -0.550 e. The summed E-state index contributed by atoms with van der Waals surface area (Å²) in [6.45, 7) is 2.12. The Morgan fingerprint density at radius 3 is 2.75 bits per heavy atom. The minimum absolute atomic E-state index is 0. The van der Waals surface area contributed by atoms with Gasteiger partial charge in [-0.15, -0.1) is 0 Å². The fourth-order valence-electron chi connectivity index (χ4n) is 3.94. The van der Waals surface area contributed by atoms with Crippen LogP contribution in [0.2, 0.25) is 0 Å². The van der Waals surface area contributed by atoms with Gasteiger partial charge in [0.05, 0.1) is 18.3 Å². The number of hydrogen-bond acceptors (Lipinski definition) is 5. The van der Waals surface area contributed by atoms with Crippen LogP contribution in [0.25, 0.3) is 0 Å². The predicted octanol–water partition coefficient (Wildman–Crippen LogP) is -2.46. The average Bonchev–Trinajstić information content (AvgIpc) is 2.45. The first-order chi connectivity index (χ1) is 10.9. The number of carbonyl (C=O) groups excluding carboxylic acids is 1. The molecule has 0 fully saturated rings. The number of rotatable bonds is 7. The van der Waals surface area contributed by atoms with Crippen LogP contribution in [-0.4, -0.2) is 39.6 Å². The Bertz CT molecular complexity index is 476. The maximum Gasteiger partial charge on any atom is 1.00 e. The van der Waals surface area contributed by atoms with Crippen molar-refractivity contribution in [1.29, 1.82) is 0 Å². The predicted molar refractivity (Wildman–Crippen MR) is 84.1 cm³/mol. The summed E-state index contributed by atoms with van der Waals surface area (Å²) < 4.78 is 0. The molecule has 2 aliphatic rings. The van der Waals surface area contributed by atoms with E-state index in [0.717, 1.165) is 19.3 Å². The molecule has 2 rings (SSSR count). The van der Waals surface area contributed by atoms with E-state index in [1.165, 1.54) is 5.57 Å². The number of fused-ring (bicyclic) bond motifs is 1. The summed E-state index contributed by atoms with van der Waals surface area (Å²) in [5, 5.41) is 40.4. The van der Waals surface area contributed by atoms with E-state index < -0.39 is 24.6 Å². The standard InChI is InChI=1S/C18H28O5.Na/c1-11-5-6-12-3-2-4-16(21)18(12)15(11)8-7-13(19)9-14(20)10-17(22)23;/h3,5-6,11,13-16,18-21H,2,4,7-10H2,1H3,(H,22,23);/q;+1/p-1/t11-,13+,14+,15-,16-,18-;/m0./s1. The molecule has 24 heavy (non-hydrogen) atoms. The zero-order chi connectivity index (χ0) is 17.0. The zero-order valence-corrected chi connectivity index (χ0v) is 16.6. The van der Waals surface area contributed by atoms with Gasteiger partial charge in [0.15, 0.2) is 0 Å². The summed E-state index contributed by atoms with van der Waals surface area (Å²) in [4.78, 5) is 10.4. The van der Waals surface area contributed by atoms with Crippen LogP contribution in [0.5, 0.6) is 0 Å².